The third kappa shape index (κ3) is 4.70. The molecule has 1 aliphatic rings. The van der Waals surface area contributed by atoms with E-state index in [9.17, 15) is 14.4 Å². The second-order valence-corrected chi connectivity index (χ2v) is 5.34. The number of nitrogens with one attached hydrogen (secondary N) is 1. The molecule has 23 heavy (non-hydrogen) atoms. The van der Waals surface area contributed by atoms with Gasteiger partial charge in [-0.3, -0.25) is 14.4 Å². The first-order valence-electron chi connectivity index (χ1n) is 7.47. The van der Waals surface area contributed by atoms with Crippen LogP contribution in [-0.4, -0.2) is 60.8 Å². The van der Waals surface area contributed by atoms with Crippen molar-refractivity contribution in [2.75, 3.05) is 38.6 Å². The zero-order chi connectivity index (χ0) is 16.8. The summed E-state index contributed by atoms with van der Waals surface area (Å²) >= 11 is 0. The first kappa shape index (κ1) is 16.8. The summed E-state index contributed by atoms with van der Waals surface area (Å²) in [7, 11) is 1.57. The number of carbonyl (C=O) groups is 3. The second kappa shape index (κ2) is 7.62. The molecule has 3 amide bonds. The van der Waals surface area contributed by atoms with E-state index in [1.54, 1.807) is 41.2 Å². The number of methoxy groups -OCH3 is 1. The fourth-order valence-electron chi connectivity index (χ4n) is 2.40. The molecule has 0 atom stereocenters. The molecule has 1 saturated heterocycles. The van der Waals surface area contributed by atoms with Crippen LogP contribution in [-0.2, 0) is 14.4 Å². The first-order valence-corrected chi connectivity index (χ1v) is 7.47. The highest BCUT2D eigenvalue weighted by molar-refractivity contribution is 6.03. The van der Waals surface area contributed by atoms with Gasteiger partial charge in [-0.2, -0.15) is 0 Å². The number of rotatable bonds is 4. The number of carbonyl (C=O) groups excluding carboxylic acids is 3. The van der Waals surface area contributed by atoms with Gasteiger partial charge in [-0.05, 0) is 24.3 Å². The maximum absolute atomic E-state index is 12.1. The van der Waals surface area contributed by atoms with Gasteiger partial charge in [0.15, 0.2) is 0 Å². The molecule has 1 aliphatic heterocycles. The van der Waals surface area contributed by atoms with Gasteiger partial charge in [0.1, 0.15) is 12.2 Å². The Morgan fingerprint density at radius 2 is 1.61 bits per heavy atom. The number of benzene rings is 1. The smallest absolute Gasteiger partial charge is 0.233 e. The van der Waals surface area contributed by atoms with Gasteiger partial charge in [0.05, 0.1) is 7.11 Å². The highest BCUT2D eigenvalue weighted by Crippen LogP contribution is 2.15. The van der Waals surface area contributed by atoms with E-state index in [1.165, 1.54) is 6.92 Å². The van der Waals surface area contributed by atoms with E-state index in [0.29, 0.717) is 37.6 Å². The summed E-state index contributed by atoms with van der Waals surface area (Å²) in [5.74, 6) is 0.130. The number of hydrogen-bond donors (Lipinski definition) is 1. The molecule has 2 rings (SSSR count). The molecule has 0 bridgehead atoms. The van der Waals surface area contributed by atoms with E-state index in [0.717, 1.165) is 0 Å². The molecular formula is C16H21N3O4. The number of piperazine rings is 1. The van der Waals surface area contributed by atoms with Crippen molar-refractivity contribution in [3.63, 3.8) is 0 Å². The maximum atomic E-state index is 12.1. The van der Waals surface area contributed by atoms with Gasteiger partial charge in [-0.15, -0.1) is 0 Å². The van der Waals surface area contributed by atoms with E-state index < -0.39 is 0 Å². The summed E-state index contributed by atoms with van der Waals surface area (Å²) in [6.45, 7) is 3.48. The normalized spacial score (nSPS) is 14.3. The summed E-state index contributed by atoms with van der Waals surface area (Å²) in [5, 5.41) is 2.68. The van der Waals surface area contributed by atoms with Crippen molar-refractivity contribution in [2.45, 2.75) is 13.3 Å². The fourth-order valence-corrected chi connectivity index (χ4v) is 2.40. The number of ether oxygens (including phenoxy) is 1. The minimum Gasteiger partial charge on any atom is -0.497 e. The van der Waals surface area contributed by atoms with Crippen molar-refractivity contribution in [1.82, 2.24) is 9.80 Å². The number of nitrogens with zero attached hydrogens (tertiary/aromatic N) is 2. The van der Waals surface area contributed by atoms with Gasteiger partial charge in [-0.25, -0.2) is 0 Å². The maximum Gasteiger partial charge on any atom is 0.233 e. The van der Waals surface area contributed by atoms with E-state index >= 15 is 0 Å². The summed E-state index contributed by atoms with van der Waals surface area (Å²) in [6, 6.07) is 6.90. The molecule has 0 aromatic heterocycles. The largest absolute Gasteiger partial charge is 0.497 e. The Labute approximate surface area is 135 Å². The van der Waals surface area contributed by atoms with Crippen LogP contribution in [0.5, 0.6) is 5.75 Å². The predicted octanol–water partition coefficient (Wildman–Crippen LogP) is 0.714. The quantitative estimate of drug-likeness (QED) is 0.829. The Bertz CT molecular complexity index is 577. The lowest BCUT2D eigenvalue weighted by atomic mass is 10.2. The SMILES string of the molecule is COc1ccc(NC(=O)CC(=O)N2CCN(C(C)=O)CC2)cc1. The number of hydrogen-bond acceptors (Lipinski definition) is 4. The third-order valence-electron chi connectivity index (χ3n) is 3.76. The molecule has 1 heterocycles. The van der Waals surface area contributed by atoms with Gasteiger partial charge in [-0.1, -0.05) is 0 Å². The van der Waals surface area contributed by atoms with Crippen LogP contribution in [0.3, 0.4) is 0 Å². The standard InChI is InChI=1S/C16H21N3O4/c1-12(20)18-7-9-19(10-8-18)16(22)11-15(21)17-13-3-5-14(23-2)6-4-13/h3-6H,7-11H2,1-2H3,(H,17,21). The summed E-state index contributed by atoms with van der Waals surface area (Å²) in [5.41, 5.74) is 0.616. The Balaban J connectivity index is 1.80. The van der Waals surface area contributed by atoms with Crippen LogP contribution in [0.1, 0.15) is 13.3 Å². The second-order valence-electron chi connectivity index (χ2n) is 5.34. The zero-order valence-corrected chi connectivity index (χ0v) is 13.4. The monoisotopic (exact) mass is 319 g/mol. The van der Waals surface area contributed by atoms with Gasteiger partial charge < -0.3 is 19.9 Å². The van der Waals surface area contributed by atoms with Crippen molar-refractivity contribution in [3.05, 3.63) is 24.3 Å². The molecule has 7 nitrogen and oxygen atoms in total. The molecule has 0 radical (unpaired) electrons. The summed E-state index contributed by atoms with van der Waals surface area (Å²) in [4.78, 5) is 38.6. The molecule has 7 heteroatoms. The van der Waals surface area contributed by atoms with Crippen LogP contribution in [0.15, 0.2) is 24.3 Å². The average Bonchev–Trinajstić information content (AvgIpc) is 2.55. The Morgan fingerprint density at radius 1 is 1.04 bits per heavy atom. The van der Waals surface area contributed by atoms with Gasteiger partial charge in [0, 0.05) is 38.8 Å². The molecule has 0 unspecified atom stereocenters. The zero-order valence-electron chi connectivity index (χ0n) is 13.4. The van der Waals surface area contributed by atoms with Gasteiger partial charge >= 0.3 is 0 Å². The molecule has 1 fully saturated rings. The van der Waals surface area contributed by atoms with Crippen LogP contribution in [0.4, 0.5) is 5.69 Å². The van der Waals surface area contributed by atoms with Gasteiger partial charge in [0.2, 0.25) is 17.7 Å². The van der Waals surface area contributed by atoms with Crippen LogP contribution in [0, 0.1) is 0 Å². The molecule has 0 saturated carbocycles. The Hall–Kier alpha value is -2.57. The molecule has 1 N–H and O–H groups in total. The van der Waals surface area contributed by atoms with Crippen molar-refractivity contribution < 1.29 is 19.1 Å². The lowest BCUT2D eigenvalue weighted by Crippen LogP contribution is -2.50. The molecular weight excluding hydrogens is 298 g/mol. The van der Waals surface area contributed by atoms with E-state index in [4.69, 9.17) is 4.74 Å². The highest BCUT2D eigenvalue weighted by atomic mass is 16.5. The van der Waals surface area contributed by atoms with Crippen molar-refractivity contribution in [2.24, 2.45) is 0 Å². The molecule has 1 aromatic rings. The fraction of sp³-hybridized carbons (Fsp3) is 0.438. The molecule has 124 valence electrons. The Morgan fingerprint density at radius 3 is 2.13 bits per heavy atom. The average molecular weight is 319 g/mol. The highest BCUT2D eigenvalue weighted by Gasteiger charge is 2.23. The minimum atomic E-state index is -0.353. The summed E-state index contributed by atoms with van der Waals surface area (Å²) < 4.78 is 5.04. The Kier molecular flexibility index (Phi) is 5.56. The topological polar surface area (TPSA) is 79.0 Å². The van der Waals surface area contributed by atoms with Crippen molar-refractivity contribution in [3.8, 4) is 5.75 Å². The van der Waals surface area contributed by atoms with Gasteiger partial charge in [0.25, 0.3) is 0 Å². The summed E-state index contributed by atoms with van der Waals surface area (Å²) in [6.07, 6.45) is -0.202. The van der Waals surface area contributed by atoms with Crippen molar-refractivity contribution in [1.29, 1.82) is 0 Å². The minimum absolute atomic E-state index is 0.00866. The van der Waals surface area contributed by atoms with Crippen molar-refractivity contribution >= 4 is 23.4 Å². The number of anilines is 1. The van der Waals surface area contributed by atoms with Crippen LogP contribution in [0.2, 0.25) is 0 Å². The molecule has 0 spiro atoms. The predicted molar refractivity (Wildman–Crippen MR) is 85.1 cm³/mol. The lowest BCUT2D eigenvalue weighted by molar-refractivity contribution is -0.140. The van der Waals surface area contributed by atoms with Crippen LogP contribution >= 0.6 is 0 Å². The van der Waals surface area contributed by atoms with Crippen LogP contribution in [0.25, 0.3) is 0 Å². The van der Waals surface area contributed by atoms with Crippen LogP contribution < -0.4 is 10.1 Å². The molecule has 0 aliphatic carbocycles. The first-order chi connectivity index (χ1) is 11.0. The van der Waals surface area contributed by atoms with E-state index in [2.05, 4.69) is 5.32 Å². The van der Waals surface area contributed by atoms with E-state index in [-0.39, 0.29) is 24.1 Å². The number of amides is 3. The van der Waals surface area contributed by atoms with E-state index in [1.807, 2.05) is 0 Å². The lowest BCUT2D eigenvalue weighted by Gasteiger charge is -2.34. The third-order valence-corrected chi connectivity index (χ3v) is 3.76. The molecule has 1 aromatic carbocycles.